The van der Waals surface area contributed by atoms with E-state index in [0.29, 0.717) is 22.7 Å². The first-order chi connectivity index (χ1) is 12.1. The number of hydrogen-bond acceptors (Lipinski definition) is 4. The molecule has 0 radical (unpaired) electrons. The Morgan fingerprint density at radius 2 is 2.00 bits per heavy atom. The van der Waals surface area contributed by atoms with Crippen LogP contribution < -0.4 is 5.32 Å². The van der Waals surface area contributed by atoms with Gasteiger partial charge in [0.25, 0.3) is 0 Å². The van der Waals surface area contributed by atoms with Gasteiger partial charge in [-0.15, -0.1) is 10.2 Å². The molecule has 25 heavy (non-hydrogen) atoms. The highest BCUT2D eigenvalue weighted by atomic mass is 35.5. The first-order valence-electron chi connectivity index (χ1n) is 8.74. The molecule has 0 bridgehead atoms. The molecule has 1 N–H and O–H groups in total. The van der Waals surface area contributed by atoms with Crippen molar-refractivity contribution in [3.63, 3.8) is 0 Å². The number of aromatic nitrogens is 3. The lowest BCUT2D eigenvalue weighted by molar-refractivity contribution is -0.119. The molecule has 2 aromatic rings. The number of nitrogens with one attached hydrogen (secondary N) is 1. The Bertz CT molecular complexity index is 768. The molecule has 5 nitrogen and oxygen atoms in total. The number of thioether (sulfide) groups is 1. The van der Waals surface area contributed by atoms with Crippen LogP contribution in [-0.2, 0) is 4.79 Å². The van der Waals surface area contributed by atoms with Crippen molar-refractivity contribution in [2.75, 3.05) is 5.75 Å². The lowest BCUT2D eigenvalue weighted by Gasteiger charge is -2.14. The second kappa shape index (κ2) is 7.00. The van der Waals surface area contributed by atoms with E-state index < -0.39 is 0 Å². The van der Waals surface area contributed by atoms with E-state index in [9.17, 15) is 4.79 Å². The van der Waals surface area contributed by atoms with Gasteiger partial charge in [0.15, 0.2) is 5.16 Å². The number of halogens is 1. The highest BCUT2D eigenvalue weighted by Crippen LogP contribution is 2.45. The molecule has 2 aliphatic rings. The standard InChI is InChI=1S/C18H21ClN4OS/c1-11(12-4-6-14(19)7-5-12)20-16(24)10-25-18-22-21-17(13-2-3-13)23(18)15-8-9-15/h4-7,11,13,15H,2-3,8-10H2,1H3,(H,20,24)/t11-/m0/s1. The Labute approximate surface area is 156 Å². The molecule has 1 aromatic heterocycles. The maximum absolute atomic E-state index is 12.3. The van der Waals surface area contributed by atoms with Crippen LogP contribution in [-0.4, -0.2) is 26.4 Å². The summed E-state index contributed by atoms with van der Waals surface area (Å²) in [7, 11) is 0. The predicted molar refractivity (Wildman–Crippen MR) is 99.0 cm³/mol. The summed E-state index contributed by atoms with van der Waals surface area (Å²) >= 11 is 7.39. The number of amides is 1. The lowest BCUT2D eigenvalue weighted by Crippen LogP contribution is -2.28. The molecule has 2 aliphatic carbocycles. The van der Waals surface area contributed by atoms with Gasteiger partial charge in [-0.3, -0.25) is 4.79 Å². The SMILES string of the molecule is C[C@H](NC(=O)CSc1nnc(C2CC2)n1C1CC1)c1ccc(Cl)cc1. The van der Waals surface area contributed by atoms with E-state index in [4.69, 9.17) is 11.6 Å². The van der Waals surface area contributed by atoms with Crippen LogP contribution in [0.3, 0.4) is 0 Å². The zero-order chi connectivity index (χ0) is 17.4. The van der Waals surface area contributed by atoms with Gasteiger partial charge in [0.2, 0.25) is 5.91 Å². The average molecular weight is 377 g/mol. The van der Waals surface area contributed by atoms with Crippen LogP contribution in [0.15, 0.2) is 29.4 Å². The Kier molecular flexibility index (Phi) is 4.73. The maximum atomic E-state index is 12.3. The second-order valence-electron chi connectivity index (χ2n) is 6.85. The summed E-state index contributed by atoms with van der Waals surface area (Å²) in [6, 6.07) is 8.05. The average Bonchev–Trinajstić information content (AvgIpc) is 3.52. The van der Waals surface area contributed by atoms with Crippen LogP contribution in [0.5, 0.6) is 0 Å². The van der Waals surface area contributed by atoms with E-state index in [1.807, 2.05) is 31.2 Å². The van der Waals surface area contributed by atoms with E-state index in [1.165, 1.54) is 37.4 Å². The molecule has 0 aliphatic heterocycles. The summed E-state index contributed by atoms with van der Waals surface area (Å²) < 4.78 is 2.28. The molecule has 0 spiro atoms. The van der Waals surface area contributed by atoms with Gasteiger partial charge in [-0.1, -0.05) is 35.5 Å². The van der Waals surface area contributed by atoms with Crippen LogP contribution >= 0.6 is 23.4 Å². The molecule has 1 amide bonds. The summed E-state index contributed by atoms with van der Waals surface area (Å²) in [6.45, 7) is 1.98. The minimum absolute atomic E-state index is 0.00534. The largest absolute Gasteiger partial charge is 0.349 e. The summed E-state index contributed by atoms with van der Waals surface area (Å²) in [5.74, 6) is 2.07. The van der Waals surface area contributed by atoms with Gasteiger partial charge < -0.3 is 9.88 Å². The van der Waals surface area contributed by atoms with Crippen LogP contribution in [0.1, 0.15) is 62.0 Å². The molecule has 2 fully saturated rings. The normalized spacial score (nSPS) is 18.2. The van der Waals surface area contributed by atoms with Crippen LogP contribution in [0.2, 0.25) is 5.02 Å². The highest BCUT2D eigenvalue weighted by molar-refractivity contribution is 7.99. The fraction of sp³-hybridized carbons (Fsp3) is 0.500. The number of benzene rings is 1. The van der Waals surface area contributed by atoms with Crippen molar-refractivity contribution >= 4 is 29.3 Å². The quantitative estimate of drug-likeness (QED) is 0.738. The summed E-state index contributed by atoms with van der Waals surface area (Å²) in [6.07, 6.45) is 4.83. The van der Waals surface area contributed by atoms with E-state index in [0.717, 1.165) is 16.5 Å². The van der Waals surface area contributed by atoms with Crippen molar-refractivity contribution in [1.82, 2.24) is 20.1 Å². The molecule has 2 saturated carbocycles. The maximum Gasteiger partial charge on any atom is 0.230 e. The molecule has 0 unspecified atom stereocenters. The predicted octanol–water partition coefficient (Wildman–Crippen LogP) is 4.11. The van der Waals surface area contributed by atoms with Gasteiger partial charge in [0.1, 0.15) is 5.82 Å². The van der Waals surface area contributed by atoms with Crippen molar-refractivity contribution in [2.24, 2.45) is 0 Å². The van der Waals surface area contributed by atoms with Crippen LogP contribution in [0.4, 0.5) is 0 Å². The zero-order valence-corrected chi connectivity index (χ0v) is 15.7. The van der Waals surface area contributed by atoms with Gasteiger partial charge in [-0.25, -0.2) is 0 Å². The van der Waals surface area contributed by atoms with Crippen molar-refractivity contribution in [2.45, 2.75) is 55.8 Å². The van der Waals surface area contributed by atoms with Gasteiger partial charge in [0, 0.05) is 17.0 Å². The van der Waals surface area contributed by atoms with E-state index in [-0.39, 0.29) is 11.9 Å². The molecule has 1 heterocycles. The Balaban J connectivity index is 1.35. The zero-order valence-electron chi connectivity index (χ0n) is 14.1. The highest BCUT2D eigenvalue weighted by Gasteiger charge is 2.36. The van der Waals surface area contributed by atoms with Gasteiger partial charge in [-0.2, -0.15) is 0 Å². The Hall–Kier alpha value is -1.53. The Morgan fingerprint density at radius 3 is 2.64 bits per heavy atom. The number of hydrogen-bond donors (Lipinski definition) is 1. The molecular weight excluding hydrogens is 356 g/mol. The topological polar surface area (TPSA) is 59.8 Å². The van der Waals surface area contributed by atoms with Crippen LogP contribution in [0.25, 0.3) is 0 Å². The minimum atomic E-state index is -0.0475. The molecule has 1 atom stereocenters. The second-order valence-corrected chi connectivity index (χ2v) is 8.22. The Morgan fingerprint density at radius 1 is 1.28 bits per heavy atom. The third-order valence-electron chi connectivity index (χ3n) is 4.63. The molecule has 7 heteroatoms. The molecule has 1 aromatic carbocycles. The van der Waals surface area contributed by atoms with E-state index >= 15 is 0 Å². The van der Waals surface area contributed by atoms with E-state index in [2.05, 4.69) is 20.1 Å². The smallest absolute Gasteiger partial charge is 0.230 e. The van der Waals surface area contributed by atoms with Crippen molar-refractivity contribution in [3.05, 3.63) is 40.7 Å². The fourth-order valence-electron chi connectivity index (χ4n) is 2.93. The van der Waals surface area contributed by atoms with Gasteiger partial charge in [-0.05, 0) is 50.3 Å². The number of carbonyl (C=O) groups is 1. The van der Waals surface area contributed by atoms with E-state index in [1.54, 1.807) is 0 Å². The monoisotopic (exact) mass is 376 g/mol. The first-order valence-corrected chi connectivity index (χ1v) is 10.1. The number of rotatable bonds is 7. The van der Waals surface area contributed by atoms with Crippen molar-refractivity contribution in [3.8, 4) is 0 Å². The summed E-state index contributed by atoms with van der Waals surface area (Å²) in [5.41, 5.74) is 1.04. The minimum Gasteiger partial charge on any atom is -0.349 e. The number of nitrogens with zero attached hydrogens (tertiary/aromatic N) is 3. The third kappa shape index (κ3) is 4.01. The summed E-state index contributed by atoms with van der Waals surface area (Å²) in [5, 5.41) is 13.3. The van der Waals surface area contributed by atoms with Gasteiger partial charge in [0.05, 0.1) is 11.8 Å². The third-order valence-corrected chi connectivity index (χ3v) is 5.82. The molecular formula is C18H21ClN4OS. The summed E-state index contributed by atoms with van der Waals surface area (Å²) in [4.78, 5) is 12.3. The fourth-order valence-corrected chi connectivity index (χ4v) is 3.88. The van der Waals surface area contributed by atoms with Crippen molar-refractivity contribution in [1.29, 1.82) is 0 Å². The first kappa shape index (κ1) is 16.9. The molecule has 4 rings (SSSR count). The van der Waals surface area contributed by atoms with Crippen LogP contribution in [0, 0.1) is 0 Å². The molecule has 0 saturated heterocycles. The van der Waals surface area contributed by atoms with Gasteiger partial charge >= 0.3 is 0 Å². The molecule has 132 valence electrons. The van der Waals surface area contributed by atoms with Crippen molar-refractivity contribution < 1.29 is 4.79 Å². The lowest BCUT2D eigenvalue weighted by atomic mass is 10.1. The number of carbonyl (C=O) groups excluding carboxylic acids is 1.